The third-order valence-corrected chi connectivity index (χ3v) is 2.55. The van der Waals surface area contributed by atoms with Gasteiger partial charge in [-0.3, -0.25) is 0 Å². The smallest absolute Gasteiger partial charge is 0.116 e. The van der Waals surface area contributed by atoms with Gasteiger partial charge in [-0.1, -0.05) is 0 Å². The normalized spacial score (nSPS) is 18.1. The summed E-state index contributed by atoms with van der Waals surface area (Å²) in [6, 6.07) is 0. The van der Waals surface area contributed by atoms with E-state index in [0.717, 1.165) is 12.8 Å². The molecule has 1 fully saturated rings. The summed E-state index contributed by atoms with van der Waals surface area (Å²) < 4.78 is 5.30. The minimum Gasteiger partial charge on any atom is -0.381 e. The van der Waals surface area contributed by atoms with E-state index >= 15 is 0 Å². The zero-order valence-corrected chi connectivity index (χ0v) is 10.2. The van der Waals surface area contributed by atoms with Crippen LogP contribution in [0.15, 0.2) is 0 Å². The van der Waals surface area contributed by atoms with Crippen molar-refractivity contribution in [3.05, 3.63) is 0 Å². The first kappa shape index (κ1) is 14.6. The Morgan fingerprint density at radius 3 is 2.40 bits per heavy atom. The van der Waals surface area contributed by atoms with E-state index in [2.05, 4.69) is 10.2 Å². The van der Waals surface area contributed by atoms with Gasteiger partial charge in [0.1, 0.15) is 6.29 Å². The van der Waals surface area contributed by atoms with Gasteiger partial charge in [0.2, 0.25) is 0 Å². The molecule has 1 saturated heterocycles. The Labute approximate surface area is 93.0 Å². The van der Waals surface area contributed by atoms with E-state index in [1.165, 1.54) is 39.4 Å². The molecule has 0 spiro atoms. The lowest BCUT2D eigenvalue weighted by Crippen LogP contribution is -2.39. The molecule has 0 amide bonds. The Morgan fingerprint density at radius 2 is 2.00 bits per heavy atom. The molecule has 0 unspecified atom stereocenters. The number of hydrogen-bond donors (Lipinski definition) is 1. The second kappa shape index (κ2) is 10.1. The molecule has 15 heavy (non-hydrogen) atoms. The third kappa shape index (κ3) is 7.48. The van der Waals surface area contributed by atoms with E-state index in [-0.39, 0.29) is 0 Å². The summed E-state index contributed by atoms with van der Waals surface area (Å²) in [5, 5.41) is 3.17. The molecule has 0 saturated carbocycles. The van der Waals surface area contributed by atoms with Crippen molar-refractivity contribution in [1.29, 1.82) is 0 Å². The molecule has 1 rings (SSSR count). The number of likely N-dealkylation sites (N-methyl/N-ethyl adjacent to an activating group) is 1. The number of rotatable bonds is 4. The second-order valence-corrected chi connectivity index (χ2v) is 3.62. The summed E-state index contributed by atoms with van der Waals surface area (Å²) in [6.07, 6.45) is 3.65. The van der Waals surface area contributed by atoms with Gasteiger partial charge in [-0.2, -0.15) is 0 Å². The highest BCUT2D eigenvalue weighted by Gasteiger charge is 2.17. The lowest BCUT2D eigenvalue weighted by atomic mass is 10.1. The van der Waals surface area contributed by atoms with Gasteiger partial charge in [-0.15, -0.1) is 0 Å². The summed E-state index contributed by atoms with van der Waals surface area (Å²) in [7, 11) is 3.82. The first-order chi connectivity index (χ1) is 7.28. The maximum absolute atomic E-state index is 8.81. The molecular formula is C11H24N2O2. The van der Waals surface area contributed by atoms with Crippen LogP contribution in [0.4, 0.5) is 0 Å². The van der Waals surface area contributed by atoms with E-state index in [0.29, 0.717) is 6.10 Å². The number of ether oxygens (including phenoxy) is 1. The minimum absolute atomic E-state index is 0.510. The predicted molar refractivity (Wildman–Crippen MR) is 62.1 cm³/mol. The molecule has 90 valence electrons. The van der Waals surface area contributed by atoms with Gasteiger partial charge in [-0.25, -0.2) is 0 Å². The van der Waals surface area contributed by atoms with Crippen LogP contribution in [0.3, 0.4) is 0 Å². The second-order valence-electron chi connectivity index (χ2n) is 3.62. The number of carbonyl (C=O) groups excluding carboxylic acids is 1. The molecule has 0 radical (unpaired) electrons. The van der Waals surface area contributed by atoms with Crippen molar-refractivity contribution in [2.75, 3.05) is 40.3 Å². The van der Waals surface area contributed by atoms with Crippen LogP contribution >= 0.6 is 0 Å². The van der Waals surface area contributed by atoms with Crippen LogP contribution in [0.2, 0.25) is 0 Å². The van der Waals surface area contributed by atoms with Gasteiger partial charge < -0.3 is 19.7 Å². The zero-order chi connectivity index (χ0) is 11.5. The fourth-order valence-corrected chi connectivity index (χ4v) is 1.64. The summed E-state index contributed by atoms with van der Waals surface area (Å²) in [4.78, 5) is 11.3. The molecular weight excluding hydrogens is 192 g/mol. The van der Waals surface area contributed by atoms with Gasteiger partial charge in [0.25, 0.3) is 0 Å². The van der Waals surface area contributed by atoms with Gasteiger partial charge in [-0.05, 0) is 26.8 Å². The van der Waals surface area contributed by atoms with Gasteiger partial charge in [0.15, 0.2) is 0 Å². The van der Waals surface area contributed by atoms with Crippen molar-refractivity contribution < 1.29 is 9.53 Å². The molecule has 0 atom stereocenters. The van der Waals surface area contributed by atoms with E-state index in [1.54, 1.807) is 0 Å². The lowest BCUT2D eigenvalue weighted by Gasteiger charge is -2.30. The van der Waals surface area contributed by atoms with Crippen LogP contribution in [0.25, 0.3) is 0 Å². The van der Waals surface area contributed by atoms with Crippen molar-refractivity contribution in [3.63, 3.8) is 0 Å². The van der Waals surface area contributed by atoms with E-state index in [4.69, 9.17) is 9.53 Å². The molecule has 0 aliphatic carbocycles. The molecule has 4 heteroatoms. The van der Waals surface area contributed by atoms with E-state index in [1.807, 2.05) is 14.2 Å². The number of methoxy groups -OCH3 is 1. The molecule has 1 aliphatic rings. The Hall–Kier alpha value is -0.450. The molecule has 4 nitrogen and oxygen atoms in total. The van der Waals surface area contributed by atoms with Gasteiger partial charge in [0, 0.05) is 33.3 Å². The molecule has 1 N–H and O–H groups in total. The monoisotopic (exact) mass is 216 g/mol. The van der Waals surface area contributed by atoms with Crippen molar-refractivity contribution in [2.45, 2.75) is 25.9 Å². The average Bonchev–Trinajstić information content (AvgIpc) is 2.28. The number of hydrogen-bond acceptors (Lipinski definition) is 4. The van der Waals surface area contributed by atoms with Crippen LogP contribution in [0.5, 0.6) is 0 Å². The average molecular weight is 216 g/mol. The molecule has 0 bridgehead atoms. The molecule has 1 aliphatic heterocycles. The number of nitrogens with one attached hydrogen (secondary N) is 1. The number of aldehydes is 1. The predicted octanol–water partition coefficient (Wildman–Crippen LogP) is 0.522. The maximum atomic E-state index is 8.81. The maximum Gasteiger partial charge on any atom is 0.116 e. The summed E-state index contributed by atoms with van der Waals surface area (Å²) in [5.41, 5.74) is 0. The fraction of sp³-hybridized carbons (Fsp3) is 0.909. The number of carbonyl (C=O) groups is 1. The van der Waals surface area contributed by atoms with Crippen molar-refractivity contribution in [2.24, 2.45) is 0 Å². The van der Waals surface area contributed by atoms with Crippen LogP contribution in [0.1, 0.15) is 19.8 Å². The minimum atomic E-state index is 0.510. The van der Waals surface area contributed by atoms with Crippen LogP contribution in [0, 0.1) is 0 Å². The van der Waals surface area contributed by atoms with Crippen molar-refractivity contribution >= 4 is 6.29 Å². The summed E-state index contributed by atoms with van der Waals surface area (Å²) in [6.45, 7) is 6.10. The highest BCUT2D eigenvalue weighted by Crippen LogP contribution is 2.11. The Morgan fingerprint density at radius 1 is 1.47 bits per heavy atom. The molecule has 0 aromatic carbocycles. The van der Waals surface area contributed by atoms with Gasteiger partial charge >= 0.3 is 0 Å². The first-order valence-electron chi connectivity index (χ1n) is 5.58. The Kier molecular flexibility index (Phi) is 9.78. The lowest BCUT2D eigenvalue weighted by molar-refractivity contribution is -0.106. The number of piperidine rings is 1. The van der Waals surface area contributed by atoms with E-state index in [9.17, 15) is 0 Å². The van der Waals surface area contributed by atoms with Crippen LogP contribution in [-0.2, 0) is 9.53 Å². The SMILES string of the molecule is CC=O.CNCCN1CCC(OC)CC1. The first-order valence-corrected chi connectivity index (χ1v) is 5.58. The van der Waals surface area contributed by atoms with Crippen LogP contribution in [-0.4, -0.2) is 57.6 Å². The molecule has 0 aromatic rings. The van der Waals surface area contributed by atoms with Crippen molar-refractivity contribution in [1.82, 2.24) is 10.2 Å². The highest BCUT2D eigenvalue weighted by molar-refractivity contribution is 5.44. The largest absolute Gasteiger partial charge is 0.381 e. The highest BCUT2D eigenvalue weighted by atomic mass is 16.5. The van der Waals surface area contributed by atoms with Gasteiger partial charge in [0.05, 0.1) is 6.10 Å². The quantitative estimate of drug-likeness (QED) is 0.696. The third-order valence-electron chi connectivity index (χ3n) is 2.55. The fourth-order valence-electron chi connectivity index (χ4n) is 1.64. The van der Waals surface area contributed by atoms with E-state index < -0.39 is 0 Å². The Balaban J connectivity index is 0.000000583. The number of likely N-dealkylation sites (tertiary alicyclic amines) is 1. The summed E-state index contributed by atoms with van der Waals surface area (Å²) >= 11 is 0. The number of nitrogens with zero attached hydrogens (tertiary/aromatic N) is 1. The standard InChI is InChI=1S/C9H20N2O.C2H4O/c1-10-5-8-11-6-3-9(12-2)4-7-11;1-2-3/h9-10H,3-8H2,1-2H3;2H,1H3. The summed E-state index contributed by atoms with van der Waals surface area (Å²) in [5.74, 6) is 0. The van der Waals surface area contributed by atoms with Crippen LogP contribution < -0.4 is 5.32 Å². The van der Waals surface area contributed by atoms with Crippen molar-refractivity contribution in [3.8, 4) is 0 Å². The molecule has 0 aromatic heterocycles. The zero-order valence-electron chi connectivity index (χ0n) is 10.2. The Bertz CT molecular complexity index is 146. The molecule has 1 heterocycles. The topological polar surface area (TPSA) is 41.6 Å².